The molecule has 3 rings (SSSR count). The van der Waals surface area contributed by atoms with Crippen LogP contribution in [0.3, 0.4) is 0 Å². The maximum absolute atomic E-state index is 14.8. The molecular weight excluding hydrogens is 974 g/mol. The molecular formula is C48H68FN11O12S. The lowest BCUT2D eigenvalue weighted by molar-refractivity contribution is -0.142. The van der Waals surface area contributed by atoms with Gasteiger partial charge in [-0.3, -0.25) is 64.0 Å². The van der Waals surface area contributed by atoms with Crippen LogP contribution in [0.15, 0.2) is 48.5 Å². The summed E-state index contributed by atoms with van der Waals surface area (Å²) in [7, 11) is 0. The summed E-state index contributed by atoms with van der Waals surface area (Å²) in [4.78, 5) is 150. The van der Waals surface area contributed by atoms with Crippen LogP contribution in [-0.2, 0) is 65.7 Å². The molecule has 7 amide bonds. The number of primary amides is 2. The van der Waals surface area contributed by atoms with Crippen molar-refractivity contribution in [2.24, 2.45) is 29.1 Å². The highest BCUT2D eigenvalue weighted by Gasteiger charge is 2.37. The normalized spacial score (nSPS) is 20.6. The number of benzene rings is 2. The quantitative estimate of drug-likeness (QED) is 0.0380. The summed E-state index contributed by atoms with van der Waals surface area (Å²) in [6, 6.07) is 1.92. The van der Waals surface area contributed by atoms with Crippen LogP contribution in [-0.4, -0.2) is 135 Å². The van der Waals surface area contributed by atoms with Gasteiger partial charge in [-0.1, -0.05) is 58.4 Å². The van der Waals surface area contributed by atoms with Crippen LogP contribution in [0.2, 0.25) is 0 Å². The van der Waals surface area contributed by atoms with Gasteiger partial charge in [-0.15, -0.1) is 0 Å². The van der Waals surface area contributed by atoms with Gasteiger partial charge in [0.1, 0.15) is 29.7 Å². The molecule has 1 heterocycles. The summed E-state index contributed by atoms with van der Waals surface area (Å²) < 4.78 is 14.1. The number of carbonyl (C=O) groups excluding carboxylic acids is 11. The van der Waals surface area contributed by atoms with Crippen molar-refractivity contribution in [1.29, 1.82) is 0 Å². The van der Waals surface area contributed by atoms with Gasteiger partial charge in [-0.05, 0) is 72.2 Å². The summed E-state index contributed by atoms with van der Waals surface area (Å²) >= 11 is 1.15. The predicted molar refractivity (Wildman–Crippen MR) is 265 cm³/mol. The van der Waals surface area contributed by atoms with Crippen molar-refractivity contribution in [2.75, 3.05) is 24.6 Å². The van der Waals surface area contributed by atoms with Crippen LogP contribution in [0.1, 0.15) is 83.8 Å². The van der Waals surface area contributed by atoms with Crippen molar-refractivity contribution in [3.63, 3.8) is 0 Å². The molecule has 0 radical (unpaired) electrons. The largest absolute Gasteiger partial charge is 0.508 e. The number of carbonyl (C=O) groups is 11. The highest BCUT2D eigenvalue weighted by atomic mass is 32.2. The average Bonchev–Trinajstić information content (AvgIpc) is 3.33. The molecule has 1 aliphatic heterocycles. The van der Waals surface area contributed by atoms with Gasteiger partial charge in [-0.2, -0.15) is 11.8 Å². The fraction of sp³-hybridized carbons (Fsp3) is 0.521. The highest BCUT2D eigenvalue weighted by Crippen LogP contribution is 2.18. The number of thioether (sulfide) groups is 1. The first-order chi connectivity index (χ1) is 34.5. The standard InChI is InChI=1S/C48H68FN11O12S/c1-5-27(4)42-45(69)44(68)35(21-28-8-12-31(61)13-9-28)54-40(65)17-19-73-18-16-33(56-47(71)36(22-39(51)64)57-46(70)32(58-59-42)14-15-38(50)63)48(72)60(24-29-6-10-30(49)11-7-29)25-41(66)55-34(20-26(2)3)43(67)37(62)23-53-52/h6-13,26-27,32-36,42,53,58-59,61H,5,14-25,52H2,1-4H3,(H2,50,63)(H2,51,64)(H,54,65)(H,55,66)(H,56,71)(H,57,70)/t27-,32-,33-,34-,35-,36-,42?/m0/s1. The second-order valence-electron chi connectivity index (χ2n) is 18.1. The van der Waals surface area contributed by atoms with Crippen molar-refractivity contribution in [1.82, 2.24) is 42.4 Å². The molecule has 0 saturated carbocycles. The third-order valence-corrected chi connectivity index (χ3v) is 12.7. The number of ketones is 4. The van der Waals surface area contributed by atoms with Crippen LogP contribution in [0, 0.1) is 17.7 Å². The topological polar surface area (TPSA) is 374 Å². The molecule has 1 unspecified atom stereocenters. The number of phenols is 1. The number of nitrogens with two attached hydrogens (primary N) is 3. The Morgan fingerprint density at radius 2 is 1.47 bits per heavy atom. The number of aromatic hydroxyl groups is 1. The minimum atomic E-state index is -1.77. The smallest absolute Gasteiger partial charge is 0.245 e. The van der Waals surface area contributed by atoms with E-state index in [9.17, 15) is 62.2 Å². The van der Waals surface area contributed by atoms with E-state index in [1.54, 1.807) is 27.7 Å². The fourth-order valence-corrected chi connectivity index (χ4v) is 8.47. The van der Waals surface area contributed by atoms with Crippen molar-refractivity contribution < 1.29 is 62.2 Å². The third-order valence-electron chi connectivity index (χ3n) is 11.7. The lowest BCUT2D eigenvalue weighted by Crippen LogP contribution is -2.61. The number of amides is 7. The van der Waals surface area contributed by atoms with Gasteiger partial charge in [0.15, 0.2) is 0 Å². The van der Waals surface area contributed by atoms with Crippen LogP contribution in [0.25, 0.3) is 0 Å². The number of rotatable bonds is 21. The Hall–Kier alpha value is -6.67. The van der Waals surface area contributed by atoms with Crippen LogP contribution < -0.4 is 54.9 Å². The lowest BCUT2D eigenvalue weighted by Gasteiger charge is -2.30. The van der Waals surface area contributed by atoms with Gasteiger partial charge in [-0.25, -0.2) is 15.2 Å². The molecule has 2 aromatic carbocycles. The third kappa shape index (κ3) is 20.8. The van der Waals surface area contributed by atoms with Gasteiger partial charge in [0, 0.05) is 31.6 Å². The lowest BCUT2D eigenvalue weighted by atomic mass is 9.90. The molecule has 14 N–H and O–H groups in total. The Morgan fingerprint density at radius 1 is 0.822 bits per heavy atom. The van der Waals surface area contributed by atoms with Gasteiger partial charge >= 0.3 is 0 Å². The Morgan fingerprint density at radius 3 is 2.07 bits per heavy atom. The number of hydrogen-bond donors (Lipinski definition) is 11. The van der Waals surface area contributed by atoms with Gasteiger partial charge in [0.25, 0.3) is 0 Å². The summed E-state index contributed by atoms with van der Waals surface area (Å²) in [6.45, 7) is 5.28. The summed E-state index contributed by atoms with van der Waals surface area (Å²) in [5.74, 6) is -6.25. The highest BCUT2D eigenvalue weighted by molar-refractivity contribution is 7.99. The van der Waals surface area contributed by atoms with Crippen LogP contribution in [0.4, 0.5) is 4.39 Å². The first kappa shape index (κ1) is 60.6. The molecule has 1 aliphatic rings. The zero-order valence-corrected chi connectivity index (χ0v) is 42.1. The van der Waals surface area contributed by atoms with E-state index in [1.165, 1.54) is 36.4 Å². The van der Waals surface area contributed by atoms with Crippen molar-refractivity contribution >= 4 is 76.2 Å². The van der Waals surface area contributed by atoms with Crippen LogP contribution in [0.5, 0.6) is 5.75 Å². The number of phenolic OH excluding ortho intramolecular Hbond substituents is 1. The van der Waals surface area contributed by atoms with Gasteiger partial charge in [0.2, 0.25) is 64.5 Å². The number of nitrogens with one attached hydrogen (secondary N) is 7. The van der Waals surface area contributed by atoms with E-state index >= 15 is 0 Å². The summed E-state index contributed by atoms with van der Waals surface area (Å²) in [5, 5.41) is 20.0. The zero-order chi connectivity index (χ0) is 54.4. The Bertz CT molecular complexity index is 2290. The van der Waals surface area contributed by atoms with E-state index in [0.29, 0.717) is 17.5 Å². The Balaban J connectivity index is 2.11. The second-order valence-corrected chi connectivity index (χ2v) is 19.3. The maximum Gasteiger partial charge on any atom is 0.245 e. The molecule has 7 atom stereocenters. The molecule has 0 spiro atoms. The molecule has 23 nitrogen and oxygen atoms in total. The zero-order valence-electron chi connectivity index (χ0n) is 41.3. The van der Waals surface area contributed by atoms with Gasteiger partial charge < -0.3 is 42.7 Å². The number of halogens is 1. The molecule has 0 bridgehead atoms. The maximum atomic E-state index is 14.8. The van der Waals surface area contributed by atoms with E-state index in [0.717, 1.165) is 28.8 Å². The number of hydrazine groups is 2. The Kier molecular flexibility index (Phi) is 25.2. The molecule has 400 valence electrons. The van der Waals surface area contributed by atoms with E-state index in [1.807, 2.05) is 0 Å². The SMILES string of the molecule is CC[C@H](C)C1NN[C@@H](CCC(N)=O)C(=O)N[C@@H](CC(N)=O)C(=O)N[C@H](C(=O)N(CC(=O)N[C@@H](CC(C)C)C(=O)C(=O)CNN)Cc2ccc(F)cc2)CCSCCC(=O)N[C@@H](Cc2ccc(O)cc2)C(=O)C1=O. The number of Topliss-reactive ketones (excluding diaryl/α,β-unsaturated/α-hetero) is 4. The second kappa shape index (κ2) is 30.4. The minimum Gasteiger partial charge on any atom is -0.508 e. The Labute approximate surface area is 426 Å². The molecule has 0 aromatic heterocycles. The monoisotopic (exact) mass is 1040 g/mol. The minimum absolute atomic E-state index is 0.0363. The first-order valence-electron chi connectivity index (χ1n) is 23.8. The first-order valence-corrected chi connectivity index (χ1v) is 24.9. The fourth-order valence-electron chi connectivity index (χ4n) is 7.53. The predicted octanol–water partition coefficient (Wildman–Crippen LogP) is -1.63. The molecule has 1 fully saturated rings. The number of nitrogens with zero attached hydrogens (tertiary/aromatic N) is 1. The molecule has 73 heavy (non-hydrogen) atoms. The van der Waals surface area contributed by atoms with E-state index < -0.39 is 138 Å². The van der Waals surface area contributed by atoms with E-state index in [4.69, 9.17) is 17.3 Å². The molecule has 0 aliphatic carbocycles. The number of hydrogen-bond acceptors (Lipinski definition) is 17. The van der Waals surface area contributed by atoms with E-state index in [-0.39, 0.29) is 61.8 Å². The summed E-state index contributed by atoms with van der Waals surface area (Å²) in [6.07, 6.45) is -1.72. The van der Waals surface area contributed by atoms with Crippen LogP contribution >= 0.6 is 11.8 Å². The van der Waals surface area contributed by atoms with Crippen molar-refractivity contribution in [3.8, 4) is 5.75 Å². The summed E-state index contributed by atoms with van der Waals surface area (Å²) in [5.41, 5.74) is 19.3. The van der Waals surface area contributed by atoms with Gasteiger partial charge in [0.05, 0.1) is 37.6 Å². The molecule has 2 aromatic rings. The van der Waals surface area contributed by atoms with E-state index in [2.05, 4.69) is 37.5 Å². The van der Waals surface area contributed by atoms with Crippen molar-refractivity contribution in [2.45, 2.75) is 122 Å². The molecule has 1 saturated heterocycles. The van der Waals surface area contributed by atoms with Crippen molar-refractivity contribution in [3.05, 3.63) is 65.5 Å². The average molecular weight is 1040 g/mol. The molecule has 25 heteroatoms.